The van der Waals surface area contributed by atoms with Gasteiger partial charge in [-0.25, -0.2) is 0 Å². The van der Waals surface area contributed by atoms with Gasteiger partial charge in [0.25, 0.3) is 0 Å². The van der Waals surface area contributed by atoms with E-state index in [9.17, 15) is 22.8 Å². The van der Waals surface area contributed by atoms with E-state index >= 15 is 0 Å². The number of carbonyl (C=O) groups excluding carboxylic acids is 2. The molecule has 1 N–H and O–H groups in total. The van der Waals surface area contributed by atoms with Crippen molar-refractivity contribution in [2.75, 3.05) is 11.4 Å². The molecule has 0 radical (unpaired) electrons. The highest BCUT2D eigenvalue weighted by Gasteiger charge is 2.36. The highest BCUT2D eigenvalue weighted by molar-refractivity contribution is 9.10. The van der Waals surface area contributed by atoms with Crippen LogP contribution in [0.1, 0.15) is 18.9 Å². The molecule has 1 fully saturated rings. The maximum atomic E-state index is 12.9. The fourth-order valence-electron chi connectivity index (χ4n) is 2.10. The maximum Gasteiger partial charge on any atom is 0.417 e. The van der Waals surface area contributed by atoms with Crippen LogP contribution in [-0.2, 0) is 15.8 Å². The summed E-state index contributed by atoms with van der Waals surface area (Å²) in [6.45, 7) is 1.43. The number of amides is 2. The molecule has 1 unspecified atom stereocenters. The molecule has 1 aromatic rings. The molecule has 0 saturated carbocycles. The SMILES string of the molecule is CCC1NC(=O)CN(c2ccc(Br)c(C(F)(F)F)c2)C1=O. The van der Waals surface area contributed by atoms with Gasteiger partial charge in [0, 0.05) is 10.2 Å². The minimum absolute atomic E-state index is 0.0591. The minimum atomic E-state index is -4.54. The van der Waals surface area contributed by atoms with Gasteiger partial charge in [-0.05, 0) is 24.6 Å². The van der Waals surface area contributed by atoms with Crippen molar-refractivity contribution in [3.05, 3.63) is 28.2 Å². The van der Waals surface area contributed by atoms with Crippen LogP contribution in [0.3, 0.4) is 0 Å². The predicted octanol–water partition coefficient (Wildman–Crippen LogP) is 2.71. The molecular formula is C13H12BrF3N2O2. The average Bonchev–Trinajstić information content (AvgIpc) is 2.40. The number of piperazine rings is 1. The van der Waals surface area contributed by atoms with Gasteiger partial charge < -0.3 is 10.2 Å². The Kier molecular flexibility index (Phi) is 4.27. The van der Waals surface area contributed by atoms with Crippen LogP contribution in [0.4, 0.5) is 18.9 Å². The topological polar surface area (TPSA) is 49.4 Å². The third-order valence-corrected chi connectivity index (χ3v) is 3.87. The Balaban J connectivity index is 2.41. The first kappa shape index (κ1) is 15.8. The Labute approximate surface area is 127 Å². The summed E-state index contributed by atoms with van der Waals surface area (Å²) in [7, 11) is 0. The fourth-order valence-corrected chi connectivity index (χ4v) is 2.58. The van der Waals surface area contributed by atoms with Crippen LogP contribution >= 0.6 is 15.9 Å². The van der Waals surface area contributed by atoms with Crippen LogP contribution < -0.4 is 10.2 Å². The quantitative estimate of drug-likeness (QED) is 0.876. The molecule has 1 saturated heterocycles. The molecule has 1 heterocycles. The Hall–Kier alpha value is -1.57. The number of nitrogens with zero attached hydrogens (tertiary/aromatic N) is 1. The Morgan fingerprint density at radius 2 is 2.05 bits per heavy atom. The van der Waals surface area contributed by atoms with Gasteiger partial charge in [-0.2, -0.15) is 13.2 Å². The Morgan fingerprint density at radius 1 is 1.38 bits per heavy atom. The number of alkyl halides is 3. The second-order valence-electron chi connectivity index (χ2n) is 4.61. The lowest BCUT2D eigenvalue weighted by Gasteiger charge is -2.32. The van der Waals surface area contributed by atoms with Crippen molar-refractivity contribution in [1.82, 2.24) is 5.32 Å². The smallest absolute Gasteiger partial charge is 0.343 e. The van der Waals surface area contributed by atoms with E-state index in [0.717, 1.165) is 11.0 Å². The van der Waals surface area contributed by atoms with E-state index < -0.39 is 29.6 Å². The number of benzene rings is 1. The normalized spacial score (nSPS) is 19.7. The Bertz CT molecular complexity index is 589. The van der Waals surface area contributed by atoms with Crippen molar-refractivity contribution in [3.63, 3.8) is 0 Å². The number of hydrogen-bond acceptors (Lipinski definition) is 2. The van der Waals surface area contributed by atoms with Crippen LogP contribution in [0.15, 0.2) is 22.7 Å². The molecule has 4 nitrogen and oxygen atoms in total. The lowest BCUT2D eigenvalue weighted by Crippen LogP contribution is -2.58. The minimum Gasteiger partial charge on any atom is -0.343 e. The number of rotatable bonds is 2. The molecule has 0 spiro atoms. The first-order valence-electron chi connectivity index (χ1n) is 6.21. The molecule has 0 aliphatic carbocycles. The molecule has 2 amide bonds. The van der Waals surface area contributed by atoms with Gasteiger partial charge >= 0.3 is 6.18 Å². The standard InChI is InChI=1S/C13H12BrF3N2O2/c1-2-10-12(21)19(6-11(20)18-10)7-3-4-9(14)8(5-7)13(15,16)17/h3-5,10H,2,6H2,1H3,(H,18,20). The largest absolute Gasteiger partial charge is 0.417 e. The summed E-state index contributed by atoms with van der Waals surface area (Å²) in [6.07, 6.45) is -4.16. The summed E-state index contributed by atoms with van der Waals surface area (Å²) in [4.78, 5) is 24.8. The molecule has 21 heavy (non-hydrogen) atoms. The highest BCUT2D eigenvalue weighted by atomic mass is 79.9. The molecule has 114 valence electrons. The predicted molar refractivity (Wildman–Crippen MR) is 73.7 cm³/mol. The summed E-state index contributed by atoms with van der Waals surface area (Å²) >= 11 is 2.84. The zero-order valence-corrected chi connectivity index (χ0v) is 12.6. The van der Waals surface area contributed by atoms with E-state index in [-0.39, 0.29) is 16.7 Å². The van der Waals surface area contributed by atoms with E-state index in [1.165, 1.54) is 12.1 Å². The summed E-state index contributed by atoms with van der Waals surface area (Å²) in [5.74, 6) is -0.800. The van der Waals surface area contributed by atoms with Crippen molar-refractivity contribution in [2.24, 2.45) is 0 Å². The second-order valence-corrected chi connectivity index (χ2v) is 5.47. The van der Waals surface area contributed by atoms with Crippen molar-refractivity contribution < 1.29 is 22.8 Å². The molecule has 1 aliphatic heterocycles. The van der Waals surface area contributed by atoms with Gasteiger partial charge in [0.1, 0.15) is 12.6 Å². The highest BCUT2D eigenvalue weighted by Crippen LogP contribution is 2.37. The van der Waals surface area contributed by atoms with E-state index in [2.05, 4.69) is 21.2 Å². The first-order valence-corrected chi connectivity index (χ1v) is 7.00. The second kappa shape index (κ2) is 5.67. The Morgan fingerprint density at radius 3 is 2.62 bits per heavy atom. The molecule has 2 rings (SSSR count). The van der Waals surface area contributed by atoms with Gasteiger partial charge in [-0.3, -0.25) is 9.59 Å². The van der Waals surface area contributed by atoms with Gasteiger partial charge in [-0.15, -0.1) is 0 Å². The fraction of sp³-hybridized carbons (Fsp3) is 0.385. The van der Waals surface area contributed by atoms with Gasteiger partial charge in [0.05, 0.1) is 5.56 Å². The third kappa shape index (κ3) is 3.20. The van der Waals surface area contributed by atoms with E-state index in [0.29, 0.717) is 6.42 Å². The van der Waals surface area contributed by atoms with Gasteiger partial charge in [0.15, 0.2) is 0 Å². The van der Waals surface area contributed by atoms with Crippen molar-refractivity contribution >= 4 is 33.4 Å². The van der Waals surface area contributed by atoms with Crippen molar-refractivity contribution in [2.45, 2.75) is 25.6 Å². The summed E-state index contributed by atoms with van der Waals surface area (Å²) < 4.78 is 38.6. The van der Waals surface area contributed by atoms with Gasteiger partial charge in [-0.1, -0.05) is 22.9 Å². The van der Waals surface area contributed by atoms with E-state index in [4.69, 9.17) is 0 Å². The number of hydrogen-bond donors (Lipinski definition) is 1. The van der Waals surface area contributed by atoms with E-state index in [1.54, 1.807) is 6.92 Å². The molecule has 8 heteroatoms. The van der Waals surface area contributed by atoms with Crippen LogP contribution in [0.25, 0.3) is 0 Å². The first-order chi connectivity index (χ1) is 9.74. The lowest BCUT2D eigenvalue weighted by atomic mass is 10.1. The summed E-state index contributed by atoms with van der Waals surface area (Å²) in [5.41, 5.74) is -0.823. The maximum absolute atomic E-state index is 12.9. The zero-order valence-electron chi connectivity index (χ0n) is 11.0. The van der Waals surface area contributed by atoms with Crippen LogP contribution in [-0.4, -0.2) is 24.4 Å². The number of nitrogens with one attached hydrogen (secondary N) is 1. The number of carbonyl (C=O) groups is 2. The molecule has 1 atom stereocenters. The monoisotopic (exact) mass is 364 g/mol. The molecular weight excluding hydrogens is 353 g/mol. The van der Waals surface area contributed by atoms with Crippen LogP contribution in [0.5, 0.6) is 0 Å². The molecule has 0 aromatic heterocycles. The number of halogens is 4. The summed E-state index contributed by atoms with van der Waals surface area (Å²) in [6, 6.07) is 2.76. The molecule has 1 aliphatic rings. The number of anilines is 1. The third-order valence-electron chi connectivity index (χ3n) is 3.18. The van der Waals surface area contributed by atoms with E-state index in [1.807, 2.05) is 0 Å². The molecule has 0 bridgehead atoms. The van der Waals surface area contributed by atoms with Crippen LogP contribution in [0, 0.1) is 0 Å². The summed E-state index contributed by atoms with van der Waals surface area (Å²) in [5, 5.41) is 2.51. The van der Waals surface area contributed by atoms with Gasteiger partial charge in [0.2, 0.25) is 11.8 Å². The molecule has 1 aromatic carbocycles. The van der Waals surface area contributed by atoms with Crippen molar-refractivity contribution in [1.29, 1.82) is 0 Å². The average molecular weight is 365 g/mol. The van der Waals surface area contributed by atoms with Crippen molar-refractivity contribution in [3.8, 4) is 0 Å². The van der Waals surface area contributed by atoms with Crippen LogP contribution in [0.2, 0.25) is 0 Å². The lowest BCUT2D eigenvalue weighted by molar-refractivity contribution is -0.138. The zero-order chi connectivity index (χ0) is 15.8.